The maximum atomic E-state index is 12.3. The van der Waals surface area contributed by atoms with E-state index >= 15 is 0 Å². The third-order valence-electron chi connectivity index (χ3n) is 4.60. The van der Waals surface area contributed by atoms with Crippen molar-refractivity contribution in [1.29, 1.82) is 0 Å². The molecule has 0 bridgehead atoms. The van der Waals surface area contributed by atoms with Crippen molar-refractivity contribution in [3.63, 3.8) is 0 Å². The number of hydrogen-bond donors (Lipinski definition) is 2. The molecule has 0 aromatic rings. The first-order chi connectivity index (χ1) is 9.66. The highest BCUT2D eigenvalue weighted by atomic mass is 32.2. The van der Waals surface area contributed by atoms with Crippen molar-refractivity contribution >= 4 is 36.2 Å². The molecule has 1 heterocycles. The number of hydrogen-bond acceptors (Lipinski definition) is 4. The van der Waals surface area contributed by atoms with Gasteiger partial charge in [0.2, 0.25) is 11.8 Å². The minimum atomic E-state index is -0.438. The number of carbonyl (C=O) groups is 2. The van der Waals surface area contributed by atoms with Crippen LogP contribution in [0.1, 0.15) is 51.9 Å². The summed E-state index contributed by atoms with van der Waals surface area (Å²) in [6.45, 7) is 2.20. The lowest BCUT2D eigenvalue weighted by atomic mass is 9.63. The zero-order valence-electron chi connectivity index (χ0n) is 12.2. The Labute approximate surface area is 131 Å². The molecule has 2 rings (SSSR count). The third-order valence-corrected chi connectivity index (χ3v) is 6.69. The fraction of sp³-hybridized carbons (Fsp3) is 0.867. The Hall–Kier alpha value is -0.160. The zero-order chi connectivity index (χ0) is 14.6. The lowest BCUT2D eigenvalue weighted by Crippen LogP contribution is -2.56. The largest absolute Gasteiger partial charge is 0.295 e. The molecule has 1 saturated carbocycles. The number of nitrogens with one attached hydrogen (secondary N) is 1. The number of fused-ring (bicyclic) bond motifs is 1. The molecule has 1 aliphatic carbocycles. The molecular weight excluding hydrogens is 290 g/mol. The van der Waals surface area contributed by atoms with Crippen LogP contribution in [0.15, 0.2) is 0 Å². The molecular formula is C15H25NO2S2. The van der Waals surface area contributed by atoms with Gasteiger partial charge < -0.3 is 0 Å². The topological polar surface area (TPSA) is 46.2 Å². The van der Waals surface area contributed by atoms with Gasteiger partial charge in [-0.05, 0) is 43.1 Å². The van der Waals surface area contributed by atoms with Crippen molar-refractivity contribution in [3.05, 3.63) is 0 Å². The van der Waals surface area contributed by atoms with Crippen LogP contribution in [0.2, 0.25) is 0 Å². The van der Waals surface area contributed by atoms with Gasteiger partial charge in [0.15, 0.2) is 0 Å². The van der Waals surface area contributed by atoms with Crippen molar-refractivity contribution in [2.45, 2.75) is 56.6 Å². The number of imide groups is 1. The van der Waals surface area contributed by atoms with E-state index in [2.05, 4.69) is 24.9 Å². The average Bonchev–Trinajstić information content (AvgIpc) is 2.58. The van der Waals surface area contributed by atoms with E-state index in [4.69, 9.17) is 0 Å². The van der Waals surface area contributed by atoms with Gasteiger partial charge in [0.25, 0.3) is 0 Å². The molecule has 1 aliphatic heterocycles. The summed E-state index contributed by atoms with van der Waals surface area (Å²) in [6.07, 6.45) is 7.78. The van der Waals surface area contributed by atoms with E-state index in [0.29, 0.717) is 5.92 Å². The standard InChI is InChI=1S/C15H25NO2S2/c1-2-3-4-5-9-20-15-11(7-6-8-19)10-12(15)13(17)16-14(15)18/h11-12,19H,2-10H2,1H3,(H,16,17,18). The first-order valence-electron chi connectivity index (χ1n) is 7.77. The van der Waals surface area contributed by atoms with Crippen molar-refractivity contribution < 1.29 is 9.59 Å². The molecule has 2 fully saturated rings. The number of carbonyl (C=O) groups excluding carboxylic acids is 2. The second-order valence-corrected chi connectivity index (χ2v) is 7.69. The van der Waals surface area contributed by atoms with Crippen LogP contribution in [-0.4, -0.2) is 28.1 Å². The molecule has 3 atom stereocenters. The van der Waals surface area contributed by atoms with Crippen LogP contribution in [0.3, 0.4) is 0 Å². The van der Waals surface area contributed by atoms with Crippen molar-refractivity contribution in [2.24, 2.45) is 11.8 Å². The SMILES string of the molecule is CCCCCCSC12C(=O)NC(=O)C1CC2CCCS. The molecule has 20 heavy (non-hydrogen) atoms. The summed E-state index contributed by atoms with van der Waals surface area (Å²) in [6, 6.07) is 0. The number of unbranched alkanes of at least 4 members (excludes halogenated alkanes) is 3. The zero-order valence-corrected chi connectivity index (χ0v) is 13.9. The van der Waals surface area contributed by atoms with E-state index in [-0.39, 0.29) is 17.7 Å². The second-order valence-electron chi connectivity index (χ2n) is 5.87. The molecule has 1 saturated heterocycles. The number of thioether (sulfide) groups is 1. The van der Waals surface area contributed by atoms with E-state index in [1.165, 1.54) is 19.3 Å². The van der Waals surface area contributed by atoms with Gasteiger partial charge in [0.05, 0.1) is 5.92 Å². The molecule has 0 aromatic heterocycles. The Kier molecular flexibility index (Phi) is 5.84. The molecule has 1 N–H and O–H groups in total. The van der Waals surface area contributed by atoms with Gasteiger partial charge >= 0.3 is 0 Å². The molecule has 2 aliphatic rings. The third kappa shape index (κ3) is 2.89. The molecule has 3 unspecified atom stereocenters. The van der Waals surface area contributed by atoms with Crippen LogP contribution in [0.5, 0.6) is 0 Å². The number of amides is 2. The van der Waals surface area contributed by atoms with Crippen molar-refractivity contribution in [3.8, 4) is 0 Å². The summed E-state index contributed by atoms with van der Waals surface area (Å²) in [5, 5.41) is 2.56. The summed E-state index contributed by atoms with van der Waals surface area (Å²) in [7, 11) is 0. The summed E-state index contributed by atoms with van der Waals surface area (Å²) in [5.41, 5.74) is 0. The maximum Gasteiger partial charge on any atom is 0.243 e. The Bertz CT molecular complexity index is 375. The molecule has 2 amide bonds. The minimum absolute atomic E-state index is 0.0246. The highest BCUT2D eigenvalue weighted by Crippen LogP contribution is 2.58. The van der Waals surface area contributed by atoms with Gasteiger partial charge in [-0.3, -0.25) is 14.9 Å². The Morgan fingerprint density at radius 1 is 1.30 bits per heavy atom. The van der Waals surface area contributed by atoms with Gasteiger partial charge in [-0.15, -0.1) is 11.8 Å². The first kappa shape index (κ1) is 16.2. The van der Waals surface area contributed by atoms with E-state index in [1.807, 2.05) is 0 Å². The Morgan fingerprint density at radius 3 is 2.75 bits per heavy atom. The van der Waals surface area contributed by atoms with Gasteiger partial charge in [0, 0.05) is 0 Å². The smallest absolute Gasteiger partial charge is 0.243 e. The van der Waals surface area contributed by atoms with Gasteiger partial charge in [-0.25, -0.2) is 0 Å². The molecule has 5 heteroatoms. The fourth-order valence-corrected chi connectivity index (χ4v) is 5.33. The monoisotopic (exact) mass is 315 g/mol. The highest BCUT2D eigenvalue weighted by molar-refractivity contribution is 8.01. The van der Waals surface area contributed by atoms with Gasteiger partial charge in [0.1, 0.15) is 4.75 Å². The number of rotatable bonds is 9. The van der Waals surface area contributed by atoms with Crippen LogP contribution in [0.4, 0.5) is 0 Å². The van der Waals surface area contributed by atoms with Crippen LogP contribution < -0.4 is 5.32 Å². The molecule has 3 nitrogen and oxygen atoms in total. The quantitative estimate of drug-likeness (QED) is 0.390. The Morgan fingerprint density at radius 2 is 2.10 bits per heavy atom. The summed E-state index contributed by atoms with van der Waals surface area (Å²) in [5.74, 6) is 2.07. The first-order valence-corrected chi connectivity index (χ1v) is 9.38. The Balaban J connectivity index is 1.93. The molecule has 114 valence electrons. The van der Waals surface area contributed by atoms with Crippen LogP contribution >= 0.6 is 24.4 Å². The average molecular weight is 316 g/mol. The van der Waals surface area contributed by atoms with E-state index in [9.17, 15) is 9.59 Å². The predicted octanol–water partition coefficient (Wildman–Crippen LogP) is 3.04. The van der Waals surface area contributed by atoms with Crippen LogP contribution in [0.25, 0.3) is 0 Å². The van der Waals surface area contributed by atoms with Crippen LogP contribution in [-0.2, 0) is 9.59 Å². The predicted molar refractivity (Wildman–Crippen MR) is 87.2 cm³/mol. The molecule has 0 aromatic carbocycles. The van der Waals surface area contributed by atoms with Crippen molar-refractivity contribution in [1.82, 2.24) is 5.32 Å². The molecule has 0 spiro atoms. The molecule has 0 radical (unpaired) electrons. The van der Waals surface area contributed by atoms with E-state index in [0.717, 1.165) is 37.2 Å². The van der Waals surface area contributed by atoms with Crippen molar-refractivity contribution in [2.75, 3.05) is 11.5 Å². The van der Waals surface area contributed by atoms with E-state index < -0.39 is 4.75 Å². The minimum Gasteiger partial charge on any atom is -0.295 e. The van der Waals surface area contributed by atoms with Gasteiger partial charge in [-0.2, -0.15) is 12.6 Å². The summed E-state index contributed by atoms with van der Waals surface area (Å²) in [4.78, 5) is 24.1. The maximum absolute atomic E-state index is 12.3. The van der Waals surface area contributed by atoms with E-state index in [1.54, 1.807) is 11.8 Å². The number of thiol groups is 1. The lowest BCUT2D eigenvalue weighted by molar-refractivity contribution is -0.125. The lowest BCUT2D eigenvalue weighted by Gasteiger charge is -2.48. The summed E-state index contributed by atoms with van der Waals surface area (Å²) >= 11 is 6.00. The highest BCUT2D eigenvalue weighted by Gasteiger charge is 2.66. The fourth-order valence-electron chi connectivity index (χ4n) is 3.42. The normalized spacial score (nSPS) is 31.9. The second kappa shape index (κ2) is 7.21. The summed E-state index contributed by atoms with van der Waals surface area (Å²) < 4.78 is -0.438. The van der Waals surface area contributed by atoms with Gasteiger partial charge in [-0.1, -0.05) is 26.2 Å². The van der Waals surface area contributed by atoms with Crippen LogP contribution in [0, 0.1) is 11.8 Å².